The smallest absolute Gasteiger partial charge is 0.413 e. The van der Waals surface area contributed by atoms with Gasteiger partial charge in [0.25, 0.3) is 5.91 Å². The maximum absolute atomic E-state index is 11.9. The number of H-pyrrole nitrogens is 1. The number of hydrogen-bond acceptors (Lipinski definition) is 8. The van der Waals surface area contributed by atoms with Gasteiger partial charge >= 0.3 is 6.09 Å². The lowest BCUT2D eigenvalue weighted by Gasteiger charge is -2.15. The van der Waals surface area contributed by atoms with E-state index in [9.17, 15) is 14.4 Å². The van der Waals surface area contributed by atoms with Gasteiger partial charge in [-0.15, -0.1) is 0 Å². The summed E-state index contributed by atoms with van der Waals surface area (Å²) in [5, 5.41) is 11.2. The fourth-order valence-corrected chi connectivity index (χ4v) is 2.52. The van der Waals surface area contributed by atoms with E-state index in [1.165, 1.54) is 30.5 Å². The van der Waals surface area contributed by atoms with E-state index < -0.39 is 18.0 Å². The molecule has 0 radical (unpaired) electrons. The van der Waals surface area contributed by atoms with Gasteiger partial charge in [-0.2, -0.15) is 5.26 Å². The Labute approximate surface area is 174 Å². The number of carbonyl (C=O) groups is 2. The Balaban J connectivity index is 2.05. The van der Waals surface area contributed by atoms with Crippen LogP contribution in [0.3, 0.4) is 0 Å². The zero-order valence-electron chi connectivity index (χ0n) is 14.9. The number of halogens is 2. The summed E-state index contributed by atoms with van der Waals surface area (Å²) < 4.78 is 10.1. The summed E-state index contributed by atoms with van der Waals surface area (Å²) in [5.41, 5.74) is 5.06. The molecule has 0 saturated heterocycles. The molecule has 1 aromatic heterocycles. The highest BCUT2D eigenvalue weighted by Gasteiger charge is 2.20. The molecule has 1 aromatic carbocycles. The predicted octanol–water partition coefficient (Wildman–Crippen LogP) is 2.56. The van der Waals surface area contributed by atoms with E-state index in [0.29, 0.717) is 11.4 Å². The molecule has 0 aliphatic rings. The summed E-state index contributed by atoms with van der Waals surface area (Å²) >= 11 is 12.4. The minimum absolute atomic E-state index is 0.0759. The van der Waals surface area contributed by atoms with Crippen molar-refractivity contribution in [3.63, 3.8) is 0 Å². The average molecular weight is 440 g/mol. The Bertz CT molecular complexity index is 961. The number of ether oxygens (including phenoxy) is 2. The second kappa shape index (κ2) is 10.3. The van der Waals surface area contributed by atoms with Gasteiger partial charge in [-0.25, -0.2) is 10.2 Å². The van der Waals surface area contributed by atoms with Gasteiger partial charge < -0.3 is 19.9 Å². The van der Waals surface area contributed by atoms with Crippen molar-refractivity contribution in [2.45, 2.75) is 13.0 Å². The van der Waals surface area contributed by atoms with Gasteiger partial charge in [0.15, 0.2) is 11.8 Å². The molecule has 2 rings (SSSR count). The minimum Gasteiger partial charge on any atom is -0.453 e. The summed E-state index contributed by atoms with van der Waals surface area (Å²) in [4.78, 5) is 36.7. The first-order valence-corrected chi connectivity index (χ1v) is 8.84. The first-order valence-electron chi connectivity index (χ1n) is 8.08. The van der Waals surface area contributed by atoms with Crippen LogP contribution in [0.1, 0.15) is 6.92 Å². The third kappa shape index (κ3) is 6.39. The average Bonchev–Trinajstić information content (AvgIpc) is 2.66. The van der Waals surface area contributed by atoms with Crippen LogP contribution in [0.4, 0.5) is 10.5 Å². The number of amides is 2. The minimum atomic E-state index is -1.41. The van der Waals surface area contributed by atoms with Crippen molar-refractivity contribution < 1.29 is 19.1 Å². The van der Waals surface area contributed by atoms with Gasteiger partial charge in [-0.05, 0) is 25.1 Å². The Morgan fingerprint density at radius 2 is 1.97 bits per heavy atom. The van der Waals surface area contributed by atoms with E-state index >= 15 is 0 Å². The van der Waals surface area contributed by atoms with Crippen LogP contribution in [0.2, 0.25) is 10.0 Å². The zero-order valence-corrected chi connectivity index (χ0v) is 16.4. The standard InChI is InChI=1S/C17H15Cl2N5O5/c1-2-28-17(27)22-16(26)13(7-20)24-23-9-5-11(18)15(12(19)6-9)29-10-3-4-14(25)21-8-10/h3-6,8,13,23-24H,2H2,1H3,(H,21,25)(H,22,26,27). The number of nitrogens with one attached hydrogen (secondary N) is 4. The number of alkyl carbamates (subject to hydrolysis) is 1. The number of hydrogen-bond donors (Lipinski definition) is 4. The van der Waals surface area contributed by atoms with Gasteiger partial charge in [0.05, 0.1) is 28.4 Å². The Morgan fingerprint density at radius 1 is 1.28 bits per heavy atom. The molecule has 12 heteroatoms. The number of pyridine rings is 1. The van der Waals surface area contributed by atoms with Crippen LogP contribution in [0.15, 0.2) is 35.3 Å². The lowest BCUT2D eigenvalue weighted by atomic mass is 10.3. The van der Waals surface area contributed by atoms with Crippen LogP contribution >= 0.6 is 23.2 Å². The molecule has 0 aliphatic heterocycles. The molecule has 0 saturated carbocycles. The van der Waals surface area contributed by atoms with Crippen LogP contribution in [0, 0.1) is 11.3 Å². The molecule has 10 nitrogen and oxygen atoms in total. The molecule has 1 unspecified atom stereocenters. The lowest BCUT2D eigenvalue weighted by molar-refractivity contribution is -0.121. The van der Waals surface area contributed by atoms with Crippen molar-refractivity contribution in [3.05, 3.63) is 50.9 Å². The lowest BCUT2D eigenvalue weighted by Crippen LogP contribution is -2.47. The van der Waals surface area contributed by atoms with Crippen molar-refractivity contribution in [2.24, 2.45) is 0 Å². The van der Waals surface area contributed by atoms with Crippen molar-refractivity contribution in [2.75, 3.05) is 12.0 Å². The van der Waals surface area contributed by atoms with Crippen LogP contribution in [-0.2, 0) is 9.53 Å². The maximum Gasteiger partial charge on any atom is 0.413 e. The monoisotopic (exact) mass is 439 g/mol. The Hall–Kier alpha value is -3.26. The zero-order chi connectivity index (χ0) is 21.4. The molecule has 2 amide bonds. The number of imide groups is 1. The van der Waals surface area contributed by atoms with Crippen LogP contribution < -0.4 is 26.5 Å². The highest BCUT2D eigenvalue weighted by molar-refractivity contribution is 6.37. The molecule has 1 atom stereocenters. The van der Waals surface area contributed by atoms with Crippen molar-refractivity contribution >= 4 is 40.9 Å². The summed E-state index contributed by atoms with van der Waals surface area (Å²) in [6, 6.07) is 5.86. The summed E-state index contributed by atoms with van der Waals surface area (Å²) in [5.74, 6) is -0.455. The Morgan fingerprint density at radius 3 is 2.52 bits per heavy atom. The van der Waals surface area contributed by atoms with E-state index in [4.69, 9.17) is 33.2 Å². The molecule has 29 heavy (non-hydrogen) atoms. The van der Waals surface area contributed by atoms with Crippen molar-refractivity contribution in [1.29, 1.82) is 5.26 Å². The number of hydrazine groups is 1. The normalized spacial score (nSPS) is 11.1. The molecule has 152 valence electrons. The molecule has 2 aromatic rings. The second-order valence-electron chi connectivity index (χ2n) is 5.30. The fourth-order valence-electron chi connectivity index (χ4n) is 1.96. The number of nitriles is 1. The van der Waals surface area contributed by atoms with Crippen LogP contribution in [-0.4, -0.2) is 29.6 Å². The SMILES string of the molecule is CCOC(=O)NC(=O)C(C#N)NNc1cc(Cl)c(Oc2ccc(=O)[nH]c2)c(Cl)c1. The Kier molecular flexibility index (Phi) is 7.85. The highest BCUT2D eigenvalue weighted by Crippen LogP contribution is 2.38. The number of rotatable bonds is 7. The summed E-state index contributed by atoms with van der Waals surface area (Å²) in [6.45, 7) is 1.65. The summed E-state index contributed by atoms with van der Waals surface area (Å²) in [6.07, 6.45) is 0.386. The van der Waals surface area contributed by atoms with Gasteiger partial charge in [0.1, 0.15) is 5.75 Å². The number of nitrogens with zero attached hydrogens (tertiary/aromatic N) is 1. The number of anilines is 1. The third-order valence-corrected chi connectivity index (χ3v) is 3.79. The van der Waals surface area contributed by atoms with Gasteiger partial charge in [-0.1, -0.05) is 23.2 Å². The van der Waals surface area contributed by atoms with Crippen molar-refractivity contribution in [3.8, 4) is 17.6 Å². The second-order valence-corrected chi connectivity index (χ2v) is 6.12. The summed E-state index contributed by atoms with van der Waals surface area (Å²) in [7, 11) is 0. The third-order valence-electron chi connectivity index (χ3n) is 3.23. The van der Waals surface area contributed by atoms with Crippen LogP contribution in [0.25, 0.3) is 0 Å². The van der Waals surface area contributed by atoms with Crippen LogP contribution in [0.5, 0.6) is 11.5 Å². The number of carbonyl (C=O) groups excluding carboxylic acids is 2. The topological polar surface area (TPSA) is 145 Å². The van der Waals surface area contributed by atoms with Gasteiger partial charge in [0, 0.05) is 12.3 Å². The molecule has 0 bridgehead atoms. The largest absolute Gasteiger partial charge is 0.453 e. The fraction of sp³-hybridized carbons (Fsp3) is 0.176. The van der Waals surface area contributed by atoms with Crippen molar-refractivity contribution in [1.82, 2.24) is 15.7 Å². The maximum atomic E-state index is 11.9. The molecular formula is C17H15Cl2N5O5. The first kappa shape index (κ1) is 22.0. The molecule has 1 heterocycles. The number of benzene rings is 1. The van der Waals surface area contributed by atoms with E-state index in [1.54, 1.807) is 13.0 Å². The van der Waals surface area contributed by atoms with E-state index in [0.717, 1.165) is 0 Å². The molecule has 0 aliphatic carbocycles. The van der Waals surface area contributed by atoms with E-state index in [1.807, 2.05) is 5.32 Å². The molecule has 4 N–H and O–H groups in total. The molecule has 0 fully saturated rings. The van der Waals surface area contributed by atoms with Gasteiger partial charge in [0.2, 0.25) is 5.56 Å². The van der Waals surface area contributed by atoms with E-state index in [-0.39, 0.29) is 28.0 Å². The number of aromatic nitrogens is 1. The number of aromatic amines is 1. The first-order chi connectivity index (χ1) is 13.8. The molecular weight excluding hydrogens is 425 g/mol. The predicted molar refractivity (Wildman–Crippen MR) is 105 cm³/mol. The quantitative estimate of drug-likeness (QED) is 0.481. The van der Waals surface area contributed by atoms with Gasteiger partial charge in [-0.3, -0.25) is 14.9 Å². The molecule has 0 spiro atoms. The van der Waals surface area contributed by atoms with E-state index in [2.05, 4.69) is 20.6 Å². The highest BCUT2D eigenvalue weighted by atomic mass is 35.5.